The molecule has 0 aliphatic heterocycles. The molecule has 0 radical (unpaired) electrons. The molecular formula is C20H13Cl3N2O3S. The number of halogens is 3. The van der Waals surface area contributed by atoms with Crippen molar-refractivity contribution in [3.63, 3.8) is 0 Å². The number of nitro groups is 1. The van der Waals surface area contributed by atoms with Crippen molar-refractivity contribution < 1.29 is 9.76 Å². The number of hydrogen-bond donors (Lipinski definition) is 0. The van der Waals surface area contributed by atoms with E-state index in [1.54, 1.807) is 42.5 Å². The third-order valence-electron chi connectivity index (χ3n) is 3.71. The van der Waals surface area contributed by atoms with E-state index in [0.29, 0.717) is 25.5 Å². The quantitative estimate of drug-likeness (QED) is 0.208. The summed E-state index contributed by atoms with van der Waals surface area (Å²) in [5.41, 5.74) is 1.34. The normalized spacial score (nSPS) is 11.0. The average Bonchev–Trinajstić information content (AvgIpc) is 2.70. The van der Waals surface area contributed by atoms with Crippen molar-refractivity contribution >= 4 is 58.5 Å². The molecule has 0 unspecified atom stereocenters. The lowest BCUT2D eigenvalue weighted by molar-refractivity contribution is -0.387. The summed E-state index contributed by atoms with van der Waals surface area (Å²) >= 11 is 19.0. The number of oxime groups is 1. The highest BCUT2D eigenvalue weighted by atomic mass is 35.5. The summed E-state index contributed by atoms with van der Waals surface area (Å²) in [4.78, 5) is 17.6. The highest BCUT2D eigenvalue weighted by Gasteiger charge is 2.15. The summed E-state index contributed by atoms with van der Waals surface area (Å²) in [5.74, 6) is 0. The standard InChI is InChI=1S/C20H13Cl3N2O3S/c21-15-3-5-16(6-4-15)29-20-8-2-13(10-19(20)25(26)27)11-24-28-12-14-1-7-17(22)18(23)9-14/h1-11H,12H2/b24-11-. The van der Waals surface area contributed by atoms with E-state index in [1.165, 1.54) is 24.0 Å². The zero-order chi connectivity index (χ0) is 20.8. The van der Waals surface area contributed by atoms with Crippen molar-refractivity contribution in [3.8, 4) is 0 Å². The molecule has 0 aliphatic carbocycles. The number of nitrogens with zero attached hydrogens (tertiary/aromatic N) is 2. The largest absolute Gasteiger partial charge is 0.391 e. The fourth-order valence-electron chi connectivity index (χ4n) is 2.31. The van der Waals surface area contributed by atoms with Crippen LogP contribution in [0.15, 0.2) is 75.6 Å². The molecule has 0 N–H and O–H groups in total. The summed E-state index contributed by atoms with van der Waals surface area (Å²) in [5, 5.41) is 16.8. The average molecular weight is 468 g/mol. The van der Waals surface area contributed by atoms with E-state index >= 15 is 0 Å². The van der Waals surface area contributed by atoms with Crippen LogP contribution < -0.4 is 0 Å². The molecule has 0 spiro atoms. The fraction of sp³-hybridized carbons (Fsp3) is 0.0500. The number of rotatable bonds is 7. The van der Waals surface area contributed by atoms with Crippen molar-refractivity contribution in [3.05, 3.63) is 97.0 Å². The van der Waals surface area contributed by atoms with Gasteiger partial charge < -0.3 is 4.84 Å². The number of benzene rings is 3. The van der Waals surface area contributed by atoms with E-state index in [2.05, 4.69) is 5.16 Å². The highest BCUT2D eigenvalue weighted by Crippen LogP contribution is 2.35. The lowest BCUT2D eigenvalue weighted by Gasteiger charge is -2.05. The summed E-state index contributed by atoms with van der Waals surface area (Å²) in [6, 6.07) is 17.1. The van der Waals surface area contributed by atoms with Crippen LogP contribution in [0.2, 0.25) is 15.1 Å². The van der Waals surface area contributed by atoms with E-state index < -0.39 is 4.92 Å². The van der Waals surface area contributed by atoms with Crippen LogP contribution in [0.1, 0.15) is 11.1 Å². The van der Waals surface area contributed by atoms with E-state index in [-0.39, 0.29) is 12.3 Å². The molecule has 29 heavy (non-hydrogen) atoms. The predicted octanol–water partition coefficient (Wildman–Crippen LogP) is 7.26. The van der Waals surface area contributed by atoms with Crippen LogP contribution in [0.4, 0.5) is 5.69 Å². The lowest BCUT2D eigenvalue weighted by Crippen LogP contribution is -1.94. The van der Waals surface area contributed by atoms with Gasteiger partial charge in [0.05, 0.1) is 26.1 Å². The van der Waals surface area contributed by atoms with Gasteiger partial charge in [-0.25, -0.2) is 0 Å². The molecule has 0 bridgehead atoms. The summed E-state index contributed by atoms with van der Waals surface area (Å²) in [6.07, 6.45) is 1.42. The first-order chi connectivity index (χ1) is 13.9. The van der Waals surface area contributed by atoms with Crippen LogP contribution >= 0.6 is 46.6 Å². The zero-order valence-electron chi connectivity index (χ0n) is 14.7. The third-order valence-corrected chi connectivity index (χ3v) is 5.78. The summed E-state index contributed by atoms with van der Waals surface area (Å²) < 4.78 is 0. The van der Waals surface area contributed by atoms with Gasteiger partial charge in [0.25, 0.3) is 5.69 Å². The topological polar surface area (TPSA) is 64.7 Å². The predicted molar refractivity (Wildman–Crippen MR) is 118 cm³/mol. The minimum Gasteiger partial charge on any atom is -0.391 e. The maximum atomic E-state index is 11.5. The fourth-order valence-corrected chi connectivity index (χ4v) is 3.66. The van der Waals surface area contributed by atoms with Crippen LogP contribution in [-0.2, 0) is 11.4 Å². The molecule has 0 aromatic heterocycles. The molecule has 3 aromatic carbocycles. The van der Waals surface area contributed by atoms with Gasteiger partial charge in [0.15, 0.2) is 0 Å². The molecule has 0 aliphatic rings. The number of nitro benzene ring substituents is 1. The molecule has 148 valence electrons. The van der Waals surface area contributed by atoms with Gasteiger partial charge in [-0.3, -0.25) is 10.1 Å². The molecule has 0 heterocycles. The van der Waals surface area contributed by atoms with Crippen LogP contribution in [0.3, 0.4) is 0 Å². The van der Waals surface area contributed by atoms with Crippen LogP contribution in [0.5, 0.6) is 0 Å². The van der Waals surface area contributed by atoms with E-state index in [0.717, 1.165) is 10.5 Å². The van der Waals surface area contributed by atoms with E-state index in [1.807, 2.05) is 12.1 Å². The maximum Gasteiger partial charge on any atom is 0.283 e. The molecule has 0 amide bonds. The van der Waals surface area contributed by atoms with Gasteiger partial charge in [-0.1, -0.05) is 63.9 Å². The zero-order valence-corrected chi connectivity index (χ0v) is 17.8. The summed E-state index contributed by atoms with van der Waals surface area (Å²) in [7, 11) is 0. The Morgan fingerprint density at radius 3 is 2.45 bits per heavy atom. The van der Waals surface area contributed by atoms with Gasteiger partial charge in [-0.15, -0.1) is 0 Å². The smallest absolute Gasteiger partial charge is 0.283 e. The van der Waals surface area contributed by atoms with Gasteiger partial charge >= 0.3 is 0 Å². The SMILES string of the molecule is O=[N+]([O-])c1cc(/C=N\OCc2ccc(Cl)c(Cl)c2)ccc1Sc1ccc(Cl)cc1. The third kappa shape index (κ3) is 6.11. The lowest BCUT2D eigenvalue weighted by atomic mass is 10.2. The second-order valence-electron chi connectivity index (χ2n) is 5.80. The molecule has 5 nitrogen and oxygen atoms in total. The Hall–Kier alpha value is -2.25. The van der Waals surface area contributed by atoms with Crippen LogP contribution in [-0.4, -0.2) is 11.1 Å². The molecule has 0 saturated carbocycles. The molecule has 0 atom stereocenters. The molecule has 9 heteroatoms. The first-order valence-electron chi connectivity index (χ1n) is 8.23. The molecule has 0 fully saturated rings. The summed E-state index contributed by atoms with van der Waals surface area (Å²) in [6.45, 7) is 0.194. The Balaban J connectivity index is 1.68. The number of hydrogen-bond acceptors (Lipinski definition) is 5. The first kappa shape index (κ1) is 21.5. The first-order valence-corrected chi connectivity index (χ1v) is 10.2. The molecular weight excluding hydrogens is 455 g/mol. The Bertz CT molecular complexity index is 1060. The van der Waals surface area contributed by atoms with Crippen molar-refractivity contribution in [2.75, 3.05) is 0 Å². The van der Waals surface area contributed by atoms with Crippen molar-refractivity contribution in [1.82, 2.24) is 0 Å². The van der Waals surface area contributed by atoms with Gasteiger partial charge in [0.1, 0.15) is 6.61 Å². The van der Waals surface area contributed by atoms with Crippen molar-refractivity contribution in [2.45, 2.75) is 16.4 Å². The Morgan fingerprint density at radius 1 is 1.00 bits per heavy atom. The molecule has 0 saturated heterocycles. The molecule has 3 rings (SSSR count). The maximum absolute atomic E-state index is 11.5. The monoisotopic (exact) mass is 466 g/mol. The second-order valence-corrected chi connectivity index (χ2v) is 8.16. The highest BCUT2D eigenvalue weighted by molar-refractivity contribution is 7.99. The van der Waals surface area contributed by atoms with Gasteiger partial charge in [-0.05, 0) is 48.0 Å². The van der Waals surface area contributed by atoms with Crippen molar-refractivity contribution in [2.24, 2.45) is 5.16 Å². The van der Waals surface area contributed by atoms with Crippen LogP contribution in [0, 0.1) is 10.1 Å². The van der Waals surface area contributed by atoms with Gasteiger partial charge in [0.2, 0.25) is 0 Å². The minimum absolute atomic E-state index is 0.0154. The Labute approximate surface area is 186 Å². The van der Waals surface area contributed by atoms with E-state index in [4.69, 9.17) is 39.6 Å². The minimum atomic E-state index is -0.424. The Kier molecular flexibility index (Phi) is 7.39. The second kappa shape index (κ2) is 9.98. The van der Waals surface area contributed by atoms with Gasteiger partial charge in [-0.2, -0.15) is 0 Å². The van der Waals surface area contributed by atoms with Gasteiger partial charge in [0, 0.05) is 21.5 Å². The molecule has 3 aromatic rings. The van der Waals surface area contributed by atoms with Crippen molar-refractivity contribution in [1.29, 1.82) is 0 Å². The van der Waals surface area contributed by atoms with Crippen LogP contribution in [0.25, 0.3) is 0 Å². The Morgan fingerprint density at radius 2 is 1.76 bits per heavy atom. The van der Waals surface area contributed by atoms with E-state index in [9.17, 15) is 10.1 Å².